The van der Waals surface area contributed by atoms with Crippen molar-refractivity contribution < 1.29 is 5.11 Å². The lowest BCUT2D eigenvalue weighted by Crippen LogP contribution is -2.06. The summed E-state index contributed by atoms with van der Waals surface area (Å²) in [6.45, 7) is 2.93. The molecule has 0 aromatic heterocycles. The minimum Gasteiger partial charge on any atom is -0.507 e. The van der Waals surface area contributed by atoms with Crippen molar-refractivity contribution in [1.29, 1.82) is 0 Å². The summed E-state index contributed by atoms with van der Waals surface area (Å²) in [4.78, 5) is 4.76. The van der Waals surface area contributed by atoms with E-state index in [1.54, 1.807) is 18.2 Å². The first kappa shape index (κ1) is 19.8. The number of aromatic hydroxyl groups is 1. The molecule has 25 heavy (non-hydrogen) atoms. The van der Waals surface area contributed by atoms with Gasteiger partial charge in [0, 0.05) is 27.7 Å². The Kier molecular flexibility index (Phi) is 8.30. The second-order valence-corrected chi connectivity index (χ2v) is 6.98. The first-order valence-electron chi connectivity index (χ1n) is 8.91. The summed E-state index contributed by atoms with van der Waals surface area (Å²) in [7, 11) is 0. The molecule has 0 fully saturated rings. The third kappa shape index (κ3) is 6.05. The number of halogens is 2. The Morgan fingerprint density at radius 3 is 2.40 bits per heavy atom. The molecule has 0 bridgehead atoms. The fraction of sp³-hybridized carbons (Fsp3) is 0.381. The Hall–Kier alpha value is -1.51. The first-order valence-corrected chi connectivity index (χ1v) is 9.67. The third-order valence-electron chi connectivity index (χ3n) is 4.12. The lowest BCUT2D eigenvalue weighted by Gasteiger charge is -2.12. The van der Waals surface area contributed by atoms with Crippen molar-refractivity contribution in [3.63, 3.8) is 0 Å². The monoisotopic (exact) mass is 377 g/mol. The molecule has 134 valence electrons. The zero-order chi connectivity index (χ0) is 18.1. The lowest BCUT2D eigenvalue weighted by molar-refractivity contribution is 0.474. The van der Waals surface area contributed by atoms with Gasteiger partial charge in [-0.2, -0.15) is 0 Å². The molecule has 0 aliphatic heterocycles. The number of phenols is 1. The van der Waals surface area contributed by atoms with E-state index >= 15 is 0 Å². The Bertz CT molecular complexity index is 713. The predicted octanol–water partition coefficient (Wildman–Crippen LogP) is 6.90. The van der Waals surface area contributed by atoms with E-state index in [1.165, 1.54) is 32.1 Å². The van der Waals surface area contributed by atoms with E-state index in [0.717, 1.165) is 12.0 Å². The molecule has 0 saturated carbocycles. The number of unbranched alkanes of at least 4 members (excludes halogenated alkanes) is 5. The van der Waals surface area contributed by atoms with Gasteiger partial charge in [-0.1, -0.05) is 80.4 Å². The minimum absolute atomic E-state index is 0.158. The average molecular weight is 378 g/mol. The molecule has 0 amide bonds. The van der Waals surface area contributed by atoms with E-state index < -0.39 is 0 Å². The number of hydrogen-bond acceptors (Lipinski definition) is 2. The number of phenolic OH excluding ortho intramolecular Hbond substituents is 1. The van der Waals surface area contributed by atoms with Gasteiger partial charge in [-0.25, -0.2) is 0 Å². The smallest absolute Gasteiger partial charge is 0.125 e. The molecular weight excluding hydrogens is 353 g/mol. The van der Waals surface area contributed by atoms with E-state index in [9.17, 15) is 5.11 Å². The quantitative estimate of drug-likeness (QED) is 0.374. The highest BCUT2D eigenvalue weighted by Crippen LogP contribution is 2.28. The van der Waals surface area contributed by atoms with Crippen molar-refractivity contribution >= 4 is 28.9 Å². The summed E-state index contributed by atoms with van der Waals surface area (Å²) < 4.78 is 0. The van der Waals surface area contributed by atoms with E-state index in [2.05, 4.69) is 6.92 Å². The van der Waals surface area contributed by atoms with Crippen LogP contribution in [-0.2, 0) is 0 Å². The van der Waals surface area contributed by atoms with Crippen LogP contribution < -0.4 is 0 Å². The minimum atomic E-state index is 0.158. The van der Waals surface area contributed by atoms with Gasteiger partial charge in [0.15, 0.2) is 0 Å². The van der Waals surface area contributed by atoms with Crippen LogP contribution in [0.4, 0.5) is 0 Å². The molecule has 0 spiro atoms. The Morgan fingerprint density at radius 2 is 1.64 bits per heavy atom. The molecule has 0 atom stereocenters. The number of aliphatic imine (C=N–C) groups is 1. The van der Waals surface area contributed by atoms with E-state index in [1.807, 2.05) is 24.3 Å². The highest BCUT2D eigenvalue weighted by molar-refractivity contribution is 6.36. The Balaban J connectivity index is 2.20. The van der Waals surface area contributed by atoms with Gasteiger partial charge in [0.1, 0.15) is 5.75 Å². The predicted molar refractivity (Wildman–Crippen MR) is 108 cm³/mol. The van der Waals surface area contributed by atoms with Crippen LogP contribution in [0.1, 0.15) is 56.6 Å². The second kappa shape index (κ2) is 10.5. The molecule has 0 heterocycles. The van der Waals surface area contributed by atoms with Crippen LogP contribution in [0.25, 0.3) is 0 Å². The van der Waals surface area contributed by atoms with Crippen molar-refractivity contribution in [2.75, 3.05) is 6.54 Å². The maximum Gasteiger partial charge on any atom is 0.125 e. The van der Waals surface area contributed by atoms with Gasteiger partial charge in [-0.05, 0) is 30.7 Å². The Labute approximate surface area is 160 Å². The largest absolute Gasteiger partial charge is 0.507 e. The molecule has 2 nitrogen and oxygen atoms in total. The maximum absolute atomic E-state index is 10.3. The number of benzene rings is 2. The van der Waals surface area contributed by atoms with E-state index in [-0.39, 0.29) is 5.75 Å². The zero-order valence-electron chi connectivity index (χ0n) is 14.6. The summed E-state index contributed by atoms with van der Waals surface area (Å²) >= 11 is 12.5. The molecule has 0 saturated heterocycles. The van der Waals surface area contributed by atoms with Gasteiger partial charge in [-0.15, -0.1) is 0 Å². The van der Waals surface area contributed by atoms with Gasteiger partial charge in [-0.3, -0.25) is 4.99 Å². The standard InChI is InChI=1S/C21H25Cl2NO/c1-2-3-4-5-6-9-14-24-21(17-10-7-8-11-19(17)23)18-15-16(22)12-13-20(18)25/h7-8,10-13,15,25H,2-6,9,14H2,1H3. The summed E-state index contributed by atoms with van der Waals surface area (Å²) in [6, 6.07) is 12.5. The molecule has 1 N–H and O–H groups in total. The van der Waals surface area contributed by atoms with Crippen LogP contribution in [0.3, 0.4) is 0 Å². The van der Waals surface area contributed by atoms with Crippen molar-refractivity contribution in [2.24, 2.45) is 4.99 Å². The maximum atomic E-state index is 10.3. The topological polar surface area (TPSA) is 32.6 Å². The molecule has 0 unspecified atom stereocenters. The van der Waals surface area contributed by atoms with Gasteiger partial charge >= 0.3 is 0 Å². The number of hydrogen-bond donors (Lipinski definition) is 1. The molecule has 0 radical (unpaired) electrons. The number of rotatable bonds is 9. The van der Waals surface area contributed by atoms with Crippen LogP contribution in [0.15, 0.2) is 47.5 Å². The van der Waals surface area contributed by atoms with Gasteiger partial charge in [0.05, 0.1) is 5.71 Å². The van der Waals surface area contributed by atoms with Crippen LogP contribution in [0.2, 0.25) is 10.0 Å². The van der Waals surface area contributed by atoms with Crippen LogP contribution >= 0.6 is 23.2 Å². The third-order valence-corrected chi connectivity index (χ3v) is 4.69. The summed E-state index contributed by atoms with van der Waals surface area (Å²) in [5, 5.41) is 11.5. The lowest BCUT2D eigenvalue weighted by atomic mass is 10.0. The zero-order valence-corrected chi connectivity index (χ0v) is 16.2. The van der Waals surface area contributed by atoms with Gasteiger partial charge in [0.25, 0.3) is 0 Å². The van der Waals surface area contributed by atoms with Crippen molar-refractivity contribution in [3.05, 3.63) is 63.6 Å². The van der Waals surface area contributed by atoms with Crippen LogP contribution in [-0.4, -0.2) is 17.4 Å². The van der Waals surface area contributed by atoms with Gasteiger partial charge in [0.2, 0.25) is 0 Å². The fourth-order valence-electron chi connectivity index (χ4n) is 2.75. The molecule has 4 heteroatoms. The summed E-state index contributed by atoms with van der Waals surface area (Å²) in [5.41, 5.74) is 2.12. The van der Waals surface area contributed by atoms with Crippen molar-refractivity contribution in [3.8, 4) is 5.75 Å². The normalized spacial score (nSPS) is 11.7. The van der Waals surface area contributed by atoms with Gasteiger partial charge < -0.3 is 5.11 Å². The van der Waals surface area contributed by atoms with Crippen LogP contribution in [0, 0.1) is 0 Å². The molecular formula is C21H25Cl2NO. The summed E-state index contributed by atoms with van der Waals surface area (Å²) in [5.74, 6) is 0.158. The summed E-state index contributed by atoms with van der Waals surface area (Å²) in [6.07, 6.45) is 7.27. The highest BCUT2D eigenvalue weighted by atomic mass is 35.5. The van der Waals surface area contributed by atoms with Crippen molar-refractivity contribution in [1.82, 2.24) is 0 Å². The molecule has 0 aliphatic rings. The second-order valence-electron chi connectivity index (χ2n) is 6.14. The molecule has 2 aromatic rings. The molecule has 2 rings (SSSR count). The van der Waals surface area contributed by atoms with Crippen LogP contribution in [0.5, 0.6) is 5.75 Å². The first-order chi connectivity index (χ1) is 12.1. The fourth-order valence-corrected chi connectivity index (χ4v) is 3.15. The average Bonchev–Trinajstić information content (AvgIpc) is 2.61. The van der Waals surface area contributed by atoms with E-state index in [4.69, 9.17) is 28.2 Å². The number of nitrogens with zero attached hydrogens (tertiary/aromatic N) is 1. The highest BCUT2D eigenvalue weighted by Gasteiger charge is 2.14. The Morgan fingerprint density at radius 1 is 0.920 bits per heavy atom. The molecule has 0 aliphatic carbocycles. The van der Waals surface area contributed by atoms with E-state index in [0.29, 0.717) is 27.9 Å². The SMILES string of the molecule is CCCCCCCCN=C(c1cc(Cl)ccc1O)c1ccccc1Cl. The molecule has 2 aromatic carbocycles. The van der Waals surface area contributed by atoms with Crippen molar-refractivity contribution in [2.45, 2.75) is 45.4 Å².